The Morgan fingerprint density at radius 1 is 1.07 bits per heavy atom. The molecule has 0 radical (unpaired) electrons. The zero-order chi connectivity index (χ0) is 30.4. The highest BCUT2D eigenvalue weighted by Crippen LogP contribution is 2.42. The van der Waals surface area contributed by atoms with Crippen molar-refractivity contribution in [1.82, 2.24) is 15.3 Å². The average molecular weight is 599 g/mol. The van der Waals surface area contributed by atoms with Crippen LogP contribution in [0.2, 0.25) is 0 Å². The molecule has 3 N–H and O–H groups in total. The minimum atomic E-state index is -4.85. The molecule has 3 rings (SSSR count). The number of carboxylic acid groups (broad SMARTS) is 1. The number of hydrogen-bond acceptors (Lipinski definition) is 7. The number of halogens is 3. The fraction of sp³-hybridized carbons (Fsp3) is 0.519. The predicted molar refractivity (Wildman–Crippen MR) is 144 cm³/mol. The summed E-state index contributed by atoms with van der Waals surface area (Å²) in [5.41, 5.74) is -2.25. The first-order valence-electron chi connectivity index (χ1n) is 13.1. The van der Waals surface area contributed by atoms with E-state index in [-0.39, 0.29) is 29.5 Å². The van der Waals surface area contributed by atoms with Gasteiger partial charge in [0.15, 0.2) is 5.69 Å². The Hall–Kier alpha value is -3.55. The summed E-state index contributed by atoms with van der Waals surface area (Å²) < 4.78 is 62.8. The van der Waals surface area contributed by atoms with Crippen LogP contribution < -0.4 is 10.6 Å². The van der Waals surface area contributed by atoms with Crippen molar-refractivity contribution in [3.8, 4) is 0 Å². The third-order valence-electron chi connectivity index (χ3n) is 7.25. The molecule has 224 valence electrons. The fourth-order valence-corrected chi connectivity index (χ4v) is 5.82. The lowest BCUT2D eigenvalue weighted by atomic mass is 9.80. The van der Waals surface area contributed by atoms with Crippen LogP contribution in [-0.4, -0.2) is 59.3 Å². The highest BCUT2D eigenvalue weighted by atomic mass is 32.2. The lowest BCUT2D eigenvalue weighted by molar-refractivity contribution is -0.144. The van der Waals surface area contributed by atoms with E-state index in [9.17, 15) is 41.1 Å². The maximum absolute atomic E-state index is 13.3. The van der Waals surface area contributed by atoms with E-state index in [1.165, 1.54) is 31.2 Å². The zero-order valence-electron chi connectivity index (χ0n) is 22.8. The van der Waals surface area contributed by atoms with Gasteiger partial charge >= 0.3 is 12.1 Å². The first-order valence-corrected chi connectivity index (χ1v) is 15.2. The van der Waals surface area contributed by atoms with Gasteiger partial charge in [-0.25, -0.2) is 23.2 Å². The van der Waals surface area contributed by atoms with E-state index in [0.717, 1.165) is 25.4 Å². The van der Waals surface area contributed by atoms with Crippen molar-refractivity contribution in [2.45, 2.75) is 70.5 Å². The molecule has 1 aromatic heterocycles. The molecule has 10 nitrogen and oxygen atoms in total. The molecule has 1 heterocycles. The van der Waals surface area contributed by atoms with Crippen molar-refractivity contribution in [2.24, 2.45) is 5.41 Å². The van der Waals surface area contributed by atoms with E-state index in [1.54, 1.807) is 0 Å². The molecule has 1 aliphatic carbocycles. The highest BCUT2D eigenvalue weighted by Gasteiger charge is 2.42. The molecule has 2 aromatic rings. The summed E-state index contributed by atoms with van der Waals surface area (Å²) in [6.07, 6.45) is 1.24. The van der Waals surface area contributed by atoms with Crippen molar-refractivity contribution < 1.29 is 41.1 Å². The van der Waals surface area contributed by atoms with Crippen LogP contribution in [0.5, 0.6) is 0 Å². The van der Waals surface area contributed by atoms with Gasteiger partial charge in [-0.3, -0.25) is 9.59 Å². The van der Waals surface area contributed by atoms with Crippen LogP contribution in [0.1, 0.15) is 72.3 Å². The van der Waals surface area contributed by atoms with E-state index >= 15 is 0 Å². The van der Waals surface area contributed by atoms with E-state index in [1.807, 2.05) is 0 Å². The third-order valence-corrected chi connectivity index (χ3v) is 8.28. The molecule has 1 saturated carbocycles. The molecule has 1 atom stereocenters. The van der Waals surface area contributed by atoms with Gasteiger partial charge in [0.25, 0.3) is 5.91 Å². The van der Waals surface area contributed by atoms with Crippen LogP contribution in [0.15, 0.2) is 30.6 Å². The summed E-state index contributed by atoms with van der Waals surface area (Å²) in [6, 6.07) is 4.61. The first kappa shape index (κ1) is 32.0. The maximum atomic E-state index is 13.3. The predicted octanol–water partition coefficient (Wildman–Crippen LogP) is 3.94. The second-order valence-corrected chi connectivity index (χ2v) is 12.7. The first-order chi connectivity index (χ1) is 19.1. The molecule has 2 amide bonds. The lowest BCUT2D eigenvalue weighted by Gasteiger charge is -2.29. The number of rotatable bonds is 12. The topological polar surface area (TPSA) is 155 Å². The molecule has 0 aliphatic heterocycles. The number of alkyl halides is 3. The number of anilines is 1. The smallest absolute Gasteiger partial charge is 0.434 e. The third kappa shape index (κ3) is 8.72. The number of aromatic nitrogens is 2. The van der Waals surface area contributed by atoms with Crippen molar-refractivity contribution >= 4 is 33.3 Å². The molecule has 1 fully saturated rings. The number of nitrogens with one attached hydrogen (secondary N) is 2. The SMILES string of the molecule is Cc1ncnc(C(F)(F)F)c1C(=O)Nc1ccc(C[C@H](NC(=O)C2(CCCCS(C)(=O)=O)CCCC2)C(=O)O)cc1. The summed E-state index contributed by atoms with van der Waals surface area (Å²) in [5, 5.41) is 14.8. The molecule has 0 bridgehead atoms. The number of amides is 2. The van der Waals surface area contributed by atoms with Crippen LogP contribution in [-0.2, 0) is 32.0 Å². The van der Waals surface area contributed by atoms with Gasteiger partial charge in [-0.2, -0.15) is 13.2 Å². The molecule has 41 heavy (non-hydrogen) atoms. The largest absolute Gasteiger partial charge is 0.480 e. The minimum Gasteiger partial charge on any atom is -0.480 e. The number of aryl methyl sites for hydroxylation is 1. The van der Waals surface area contributed by atoms with Crippen molar-refractivity contribution in [1.29, 1.82) is 0 Å². The molecular weight excluding hydrogens is 565 g/mol. The van der Waals surface area contributed by atoms with E-state index in [0.29, 0.717) is 37.7 Å². The maximum Gasteiger partial charge on any atom is 0.434 e. The van der Waals surface area contributed by atoms with Gasteiger partial charge in [-0.1, -0.05) is 31.4 Å². The molecular formula is C27H33F3N4O6S. The molecule has 0 saturated heterocycles. The lowest BCUT2D eigenvalue weighted by Crippen LogP contribution is -2.48. The second-order valence-electron chi connectivity index (χ2n) is 10.5. The summed E-state index contributed by atoms with van der Waals surface area (Å²) in [6.45, 7) is 1.26. The van der Waals surface area contributed by atoms with Crippen LogP contribution in [0.25, 0.3) is 0 Å². The van der Waals surface area contributed by atoms with Crippen LogP contribution in [0.3, 0.4) is 0 Å². The Morgan fingerprint density at radius 3 is 2.27 bits per heavy atom. The number of carbonyl (C=O) groups is 3. The second kappa shape index (κ2) is 13.0. The molecule has 0 unspecified atom stereocenters. The normalized spacial score (nSPS) is 15.7. The van der Waals surface area contributed by atoms with E-state index in [2.05, 4.69) is 20.6 Å². The van der Waals surface area contributed by atoms with Crippen LogP contribution in [0, 0.1) is 12.3 Å². The van der Waals surface area contributed by atoms with E-state index < -0.39 is 50.6 Å². The van der Waals surface area contributed by atoms with Gasteiger partial charge < -0.3 is 15.7 Å². The summed E-state index contributed by atoms with van der Waals surface area (Å²) in [4.78, 5) is 44.8. The number of aliphatic carboxylic acids is 1. The number of unbranched alkanes of at least 4 members (excludes halogenated alkanes) is 1. The van der Waals surface area contributed by atoms with Gasteiger partial charge in [0.1, 0.15) is 22.2 Å². The van der Waals surface area contributed by atoms with Gasteiger partial charge in [0.2, 0.25) is 5.91 Å². The van der Waals surface area contributed by atoms with Crippen molar-refractivity contribution in [3.05, 3.63) is 53.1 Å². The molecule has 1 aromatic carbocycles. The van der Waals surface area contributed by atoms with Crippen molar-refractivity contribution in [3.63, 3.8) is 0 Å². The highest BCUT2D eigenvalue weighted by molar-refractivity contribution is 7.90. The fourth-order valence-electron chi connectivity index (χ4n) is 5.10. The number of hydrogen-bond donors (Lipinski definition) is 3. The van der Waals surface area contributed by atoms with Crippen LogP contribution >= 0.6 is 0 Å². The summed E-state index contributed by atoms with van der Waals surface area (Å²) in [7, 11) is -3.11. The zero-order valence-corrected chi connectivity index (χ0v) is 23.6. The van der Waals surface area contributed by atoms with Crippen molar-refractivity contribution in [2.75, 3.05) is 17.3 Å². The number of carbonyl (C=O) groups excluding carboxylic acids is 2. The standard InChI is InChI=1S/C27H33F3N4O6S/c1-17-21(22(27(28,29)30)32-16-31-17)23(35)33-19-9-7-18(8-10-19)15-20(24(36)37)34-25(38)26(11-3-4-12-26)13-5-6-14-41(2,39)40/h7-10,16,20H,3-6,11-15H2,1-2H3,(H,33,35)(H,34,38)(H,36,37)/t20-/m0/s1. The Kier molecular flexibility index (Phi) is 10.1. The van der Waals surface area contributed by atoms with Gasteiger partial charge in [0.05, 0.1) is 11.3 Å². The van der Waals surface area contributed by atoms with Crippen LogP contribution in [0.4, 0.5) is 18.9 Å². The van der Waals surface area contributed by atoms with E-state index in [4.69, 9.17) is 0 Å². The Bertz CT molecular complexity index is 1370. The Labute approximate surface area is 236 Å². The average Bonchev–Trinajstić information content (AvgIpc) is 3.36. The number of sulfone groups is 1. The monoisotopic (exact) mass is 598 g/mol. The molecule has 1 aliphatic rings. The molecule has 14 heteroatoms. The number of benzene rings is 1. The Morgan fingerprint density at radius 2 is 1.71 bits per heavy atom. The number of nitrogens with zero attached hydrogens (tertiary/aromatic N) is 2. The molecule has 0 spiro atoms. The summed E-state index contributed by atoms with van der Waals surface area (Å²) >= 11 is 0. The Balaban J connectivity index is 1.66. The van der Waals surface area contributed by atoms with Gasteiger partial charge in [-0.05, 0) is 50.3 Å². The minimum absolute atomic E-state index is 0.0289. The summed E-state index contributed by atoms with van der Waals surface area (Å²) in [5.74, 6) is -2.62. The van der Waals surface area contributed by atoms with Gasteiger partial charge in [-0.15, -0.1) is 0 Å². The van der Waals surface area contributed by atoms with Gasteiger partial charge in [0, 0.05) is 29.5 Å². The number of carboxylic acids is 1. The quantitative estimate of drug-likeness (QED) is 0.310.